The first kappa shape index (κ1) is 29.0. The van der Waals surface area contributed by atoms with Crippen LogP contribution >= 0.6 is 0 Å². The van der Waals surface area contributed by atoms with E-state index < -0.39 is 24.4 Å². The van der Waals surface area contributed by atoms with Crippen molar-refractivity contribution in [2.24, 2.45) is 0 Å². The van der Waals surface area contributed by atoms with E-state index in [0.29, 0.717) is 23.5 Å². The van der Waals surface area contributed by atoms with Crippen molar-refractivity contribution in [3.05, 3.63) is 89.5 Å². The standard InChI is InChI=1S/C29H33N3O7/c1-3-21-4-10-26(11-5-21)32-29(36)39-20(2)19-38-28(35)31-25-14-8-23(9-15-25)18-22-6-12-24(13-7-22)30-27(34)37-17-16-33/h4-15,20,33H,3,16-19H2,1-2H3,(H,30,34)(H,31,35)(H,32,36). The van der Waals surface area contributed by atoms with Crippen LogP contribution in [-0.4, -0.2) is 49.3 Å². The minimum atomic E-state index is -0.658. The number of anilines is 3. The first-order valence-corrected chi connectivity index (χ1v) is 12.6. The van der Waals surface area contributed by atoms with Gasteiger partial charge in [-0.15, -0.1) is 0 Å². The highest BCUT2D eigenvalue weighted by Crippen LogP contribution is 2.17. The minimum absolute atomic E-state index is 0.0617. The van der Waals surface area contributed by atoms with Crippen LogP contribution in [0.1, 0.15) is 30.5 Å². The number of rotatable bonds is 11. The molecule has 0 bridgehead atoms. The highest BCUT2D eigenvalue weighted by molar-refractivity contribution is 5.86. The highest BCUT2D eigenvalue weighted by Gasteiger charge is 2.13. The molecule has 3 aromatic rings. The number of aliphatic hydroxyl groups is 1. The number of amides is 3. The van der Waals surface area contributed by atoms with Gasteiger partial charge in [0.15, 0.2) is 0 Å². The molecule has 1 unspecified atom stereocenters. The average Bonchev–Trinajstić information content (AvgIpc) is 2.93. The molecule has 3 aromatic carbocycles. The summed E-state index contributed by atoms with van der Waals surface area (Å²) in [6.45, 7) is 3.29. The topological polar surface area (TPSA) is 135 Å². The Morgan fingerprint density at radius 2 is 1.13 bits per heavy atom. The number of aryl methyl sites for hydroxylation is 1. The summed E-state index contributed by atoms with van der Waals surface area (Å²) in [5.41, 5.74) is 4.98. The number of hydrogen-bond acceptors (Lipinski definition) is 7. The maximum atomic E-state index is 12.2. The number of benzene rings is 3. The molecule has 0 heterocycles. The van der Waals surface area contributed by atoms with Gasteiger partial charge in [0.2, 0.25) is 0 Å². The zero-order valence-corrected chi connectivity index (χ0v) is 21.9. The van der Waals surface area contributed by atoms with E-state index in [0.717, 1.165) is 23.1 Å². The average molecular weight is 536 g/mol. The molecule has 10 heteroatoms. The molecule has 0 aromatic heterocycles. The third-order valence-corrected chi connectivity index (χ3v) is 5.50. The Kier molecular flexibility index (Phi) is 11.1. The lowest BCUT2D eigenvalue weighted by Gasteiger charge is -2.15. The Hall–Kier alpha value is -4.57. The second-order valence-corrected chi connectivity index (χ2v) is 8.67. The van der Waals surface area contributed by atoms with Crippen molar-refractivity contribution in [1.29, 1.82) is 0 Å². The molecule has 4 N–H and O–H groups in total. The molecule has 39 heavy (non-hydrogen) atoms. The van der Waals surface area contributed by atoms with Gasteiger partial charge in [0, 0.05) is 17.1 Å². The van der Waals surface area contributed by atoms with Crippen LogP contribution in [0.2, 0.25) is 0 Å². The van der Waals surface area contributed by atoms with Gasteiger partial charge in [0.25, 0.3) is 0 Å². The molecule has 0 aliphatic heterocycles. The van der Waals surface area contributed by atoms with Crippen LogP contribution in [0.5, 0.6) is 0 Å². The van der Waals surface area contributed by atoms with Crippen molar-refractivity contribution in [1.82, 2.24) is 0 Å². The Balaban J connectivity index is 1.38. The van der Waals surface area contributed by atoms with Crippen molar-refractivity contribution in [2.45, 2.75) is 32.8 Å². The molecule has 0 aliphatic carbocycles. The molecular weight excluding hydrogens is 502 g/mol. The van der Waals surface area contributed by atoms with Gasteiger partial charge in [0.1, 0.15) is 19.3 Å². The van der Waals surface area contributed by atoms with Gasteiger partial charge in [0.05, 0.1) is 6.61 Å². The fraction of sp³-hybridized carbons (Fsp3) is 0.276. The van der Waals surface area contributed by atoms with Crippen LogP contribution in [0.4, 0.5) is 31.4 Å². The number of aliphatic hydroxyl groups excluding tert-OH is 1. The lowest BCUT2D eigenvalue weighted by molar-refractivity contribution is 0.0651. The van der Waals surface area contributed by atoms with E-state index >= 15 is 0 Å². The maximum Gasteiger partial charge on any atom is 0.412 e. The van der Waals surface area contributed by atoms with Crippen LogP contribution in [0, 0.1) is 0 Å². The van der Waals surface area contributed by atoms with Crippen LogP contribution in [0.15, 0.2) is 72.8 Å². The van der Waals surface area contributed by atoms with E-state index in [2.05, 4.69) is 22.9 Å². The Morgan fingerprint density at radius 3 is 1.59 bits per heavy atom. The molecule has 3 rings (SSSR count). The molecule has 1 atom stereocenters. The van der Waals surface area contributed by atoms with Gasteiger partial charge in [-0.3, -0.25) is 16.0 Å². The summed E-state index contributed by atoms with van der Waals surface area (Å²) >= 11 is 0. The van der Waals surface area contributed by atoms with Crippen LogP contribution < -0.4 is 16.0 Å². The SMILES string of the molecule is CCc1ccc(NC(=O)OC(C)COC(=O)Nc2ccc(Cc3ccc(NC(=O)OCCO)cc3)cc2)cc1. The smallest absolute Gasteiger partial charge is 0.412 e. The van der Waals surface area contributed by atoms with Crippen molar-refractivity contribution in [3.8, 4) is 0 Å². The first-order chi connectivity index (χ1) is 18.8. The maximum absolute atomic E-state index is 12.2. The van der Waals surface area contributed by atoms with Gasteiger partial charge in [-0.05, 0) is 72.9 Å². The third-order valence-electron chi connectivity index (χ3n) is 5.50. The highest BCUT2D eigenvalue weighted by atomic mass is 16.6. The number of carbonyl (C=O) groups excluding carboxylic acids is 3. The van der Waals surface area contributed by atoms with E-state index in [1.54, 1.807) is 43.3 Å². The van der Waals surface area contributed by atoms with E-state index in [9.17, 15) is 14.4 Å². The predicted molar refractivity (Wildman–Crippen MR) is 148 cm³/mol. The van der Waals surface area contributed by atoms with E-state index in [-0.39, 0.29) is 19.8 Å². The lowest BCUT2D eigenvalue weighted by Crippen LogP contribution is -2.26. The molecule has 0 fully saturated rings. The monoisotopic (exact) mass is 535 g/mol. The van der Waals surface area contributed by atoms with Crippen molar-refractivity contribution in [2.75, 3.05) is 35.8 Å². The molecule has 10 nitrogen and oxygen atoms in total. The van der Waals surface area contributed by atoms with Gasteiger partial charge in [-0.2, -0.15) is 0 Å². The fourth-order valence-electron chi connectivity index (χ4n) is 3.47. The summed E-state index contributed by atoms with van der Waals surface area (Å²) in [6.07, 6.45) is -0.986. The molecule has 0 spiro atoms. The lowest BCUT2D eigenvalue weighted by atomic mass is 10.0. The van der Waals surface area contributed by atoms with Crippen molar-refractivity contribution in [3.63, 3.8) is 0 Å². The van der Waals surface area contributed by atoms with Crippen molar-refractivity contribution >= 4 is 35.3 Å². The summed E-state index contributed by atoms with van der Waals surface area (Å²) < 4.78 is 15.2. The van der Waals surface area contributed by atoms with E-state index in [1.165, 1.54) is 0 Å². The second-order valence-electron chi connectivity index (χ2n) is 8.67. The number of hydrogen-bond donors (Lipinski definition) is 4. The van der Waals surface area contributed by atoms with Gasteiger partial charge in [-0.25, -0.2) is 14.4 Å². The minimum Gasteiger partial charge on any atom is -0.447 e. The first-order valence-electron chi connectivity index (χ1n) is 12.6. The zero-order valence-electron chi connectivity index (χ0n) is 21.9. The molecule has 0 saturated heterocycles. The number of ether oxygens (including phenoxy) is 3. The van der Waals surface area contributed by atoms with Crippen molar-refractivity contribution < 1.29 is 33.7 Å². The summed E-state index contributed by atoms with van der Waals surface area (Å²) in [5.74, 6) is 0. The van der Waals surface area contributed by atoms with Gasteiger partial charge < -0.3 is 19.3 Å². The summed E-state index contributed by atoms with van der Waals surface area (Å²) in [4.78, 5) is 35.8. The molecule has 3 amide bonds. The van der Waals surface area contributed by atoms with Gasteiger partial charge in [-0.1, -0.05) is 43.3 Å². The molecule has 0 saturated carbocycles. The Labute approximate surface area is 227 Å². The summed E-state index contributed by atoms with van der Waals surface area (Å²) in [6, 6.07) is 22.1. The molecule has 0 radical (unpaired) electrons. The summed E-state index contributed by atoms with van der Waals surface area (Å²) in [7, 11) is 0. The number of carbonyl (C=O) groups is 3. The molecule has 206 valence electrons. The van der Waals surface area contributed by atoms with E-state index in [4.69, 9.17) is 19.3 Å². The van der Waals surface area contributed by atoms with E-state index in [1.807, 2.05) is 36.4 Å². The number of nitrogens with one attached hydrogen (secondary N) is 3. The largest absolute Gasteiger partial charge is 0.447 e. The van der Waals surface area contributed by atoms with Crippen LogP contribution in [0.3, 0.4) is 0 Å². The fourth-order valence-corrected chi connectivity index (χ4v) is 3.47. The van der Waals surface area contributed by atoms with Crippen LogP contribution in [-0.2, 0) is 27.1 Å². The Bertz CT molecular complexity index is 1210. The molecule has 0 aliphatic rings. The van der Waals surface area contributed by atoms with Gasteiger partial charge >= 0.3 is 18.3 Å². The normalized spacial score (nSPS) is 11.2. The zero-order chi connectivity index (χ0) is 28.0. The summed E-state index contributed by atoms with van der Waals surface area (Å²) in [5, 5.41) is 16.6. The Morgan fingerprint density at radius 1 is 0.692 bits per heavy atom. The van der Waals surface area contributed by atoms with Crippen LogP contribution in [0.25, 0.3) is 0 Å². The molecular formula is C29H33N3O7. The predicted octanol–water partition coefficient (Wildman–Crippen LogP) is 5.57. The quantitative estimate of drug-likeness (QED) is 0.236. The second kappa shape index (κ2) is 15.0. The third kappa shape index (κ3) is 10.4.